The summed E-state index contributed by atoms with van der Waals surface area (Å²) in [5, 5.41) is 6.36. The molecule has 4 fully saturated rings. The quantitative estimate of drug-likeness (QED) is 0.600. The summed E-state index contributed by atoms with van der Waals surface area (Å²) in [6.45, 7) is 4.77. The summed E-state index contributed by atoms with van der Waals surface area (Å²) in [4.78, 5) is 11.9. The van der Waals surface area contributed by atoms with Crippen molar-refractivity contribution >= 4 is 18.3 Å². The first kappa shape index (κ1) is 14.9. The number of nitrogens with one attached hydrogen (secondary N) is 2. The van der Waals surface area contributed by atoms with Crippen molar-refractivity contribution in [3.05, 3.63) is 12.7 Å². The van der Waals surface area contributed by atoms with E-state index in [0.717, 1.165) is 23.7 Å². The molecule has 0 radical (unpaired) electrons. The van der Waals surface area contributed by atoms with Crippen LogP contribution in [0.3, 0.4) is 0 Å². The van der Waals surface area contributed by atoms with Gasteiger partial charge in [-0.15, -0.1) is 19.0 Å². The molecule has 0 atom stereocenters. The third-order valence-electron chi connectivity index (χ3n) is 5.13. The number of halogens is 1. The van der Waals surface area contributed by atoms with E-state index in [1.54, 1.807) is 6.08 Å². The lowest BCUT2D eigenvalue weighted by Gasteiger charge is -2.54. The van der Waals surface area contributed by atoms with Gasteiger partial charge in [0.25, 0.3) is 0 Å². The molecule has 2 N–H and O–H groups in total. The van der Waals surface area contributed by atoms with E-state index in [9.17, 15) is 4.79 Å². The van der Waals surface area contributed by atoms with E-state index in [1.165, 1.54) is 32.1 Å². The first-order valence-corrected chi connectivity index (χ1v) is 7.37. The average Bonchev–Trinajstić information content (AvgIpc) is 2.33. The zero-order valence-electron chi connectivity index (χ0n) is 11.4. The molecule has 0 spiro atoms. The number of amides is 1. The topological polar surface area (TPSA) is 41.1 Å². The highest BCUT2D eigenvalue weighted by Crippen LogP contribution is 2.53. The molecule has 108 valence electrons. The molecule has 0 unspecified atom stereocenters. The maximum Gasteiger partial charge on any atom is 0.234 e. The Bertz CT molecular complexity index is 317. The highest BCUT2D eigenvalue weighted by Gasteiger charge is 2.48. The van der Waals surface area contributed by atoms with Gasteiger partial charge in [-0.05, 0) is 55.8 Å². The van der Waals surface area contributed by atoms with E-state index >= 15 is 0 Å². The highest BCUT2D eigenvalue weighted by molar-refractivity contribution is 5.85. The van der Waals surface area contributed by atoms with E-state index in [-0.39, 0.29) is 18.3 Å². The normalized spacial score (nSPS) is 38.6. The summed E-state index contributed by atoms with van der Waals surface area (Å²) < 4.78 is 0. The smallest absolute Gasteiger partial charge is 0.234 e. The first-order valence-electron chi connectivity index (χ1n) is 7.37. The number of carbonyl (C=O) groups is 1. The largest absolute Gasteiger partial charge is 0.352 e. The fourth-order valence-corrected chi connectivity index (χ4v) is 4.69. The molecule has 1 amide bonds. The molecular weight excluding hydrogens is 260 g/mol. The highest BCUT2D eigenvalue weighted by atomic mass is 35.5. The van der Waals surface area contributed by atoms with Gasteiger partial charge in [0.05, 0.1) is 6.54 Å². The molecule has 0 aliphatic heterocycles. The summed E-state index contributed by atoms with van der Waals surface area (Å²) in [6, 6.07) is 0.468. The van der Waals surface area contributed by atoms with Crippen LogP contribution in [0.25, 0.3) is 0 Å². The zero-order valence-corrected chi connectivity index (χ0v) is 12.3. The first-order chi connectivity index (χ1) is 8.76. The van der Waals surface area contributed by atoms with Gasteiger partial charge >= 0.3 is 0 Å². The van der Waals surface area contributed by atoms with Gasteiger partial charge in [-0.1, -0.05) is 6.08 Å². The van der Waals surface area contributed by atoms with Gasteiger partial charge in [-0.3, -0.25) is 4.79 Å². The lowest BCUT2D eigenvalue weighted by molar-refractivity contribution is -0.124. The summed E-state index contributed by atoms with van der Waals surface area (Å²) in [5.74, 6) is 3.64. The Kier molecular flexibility index (Phi) is 4.91. The third kappa shape index (κ3) is 3.14. The molecule has 0 saturated heterocycles. The van der Waals surface area contributed by atoms with Crippen LogP contribution in [0.4, 0.5) is 0 Å². The molecule has 0 aromatic heterocycles. The standard InChI is InChI=1S/C15H24N2O.ClH/c1-2-3-16-9-14(18)17-15-12-5-10-4-11(7-12)8-13(15)6-10;/h2,10-13,15-16H,1,3-9H2,(H,17,18);1H. The Morgan fingerprint density at radius 3 is 2.21 bits per heavy atom. The van der Waals surface area contributed by atoms with Crippen molar-refractivity contribution in [3.63, 3.8) is 0 Å². The molecule has 3 nitrogen and oxygen atoms in total. The van der Waals surface area contributed by atoms with Crippen LogP contribution in [-0.2, 0) is 4.79 Å². The van der Waals surface area contributed by atoms with Gasteiger partial charge in [0, 0.05) is 12.6 Å². The maximum absolute atomic E-state index is 11.9. The van der Waals surface area contributed by atoms with Gasteiger partial charge in [0.15, 0.2) is 0 Å². The van der Waals surface area contributed by atoms with Crippen molar-refractivity contribution in [1.29, 1.82) is 0 Å². The van der Waals surface area contributed by atoms with Crippen LogP contribution in [0, 0.1) is 23.7 Å². The fourth-order valence-electron chi connectivity index (χ4n) is 4.69. The van der Waals surface area contributed by atoms with Gasteiger partial charge in [-0.25, -0.2) is 0 Å². The van der Waals surface area contributed by atoms with E-state index in [1.807, 2.05) is 0 Å². The maximum atomic E-state index is 11.9. The molecule has 4 saturated carbocycles. The molecule has 19 heavy (non-hydrogen) atoms. The molecule has 4 aliphatic carbocycles. The van der Waals surface area contributed by atoms with Crippen LogP contribution >= 0.6 is 12.4 Å². The second kappa shape index (κ2) is 6.27. The zero-order chi connectivity index (χ0) is 12.5. The summed E-state index contributed by atoms with van der Waals surface area (Å²) in [6.07, 6.45) is 8.69. The van der Waals surface area contributed by atoms with E-state index in [2.05, 4.69) is 17.2 Å². The Balaban J connectivity index is 0.00000133. The lowest BCUT2D eigenvalue weighted by Crippen LogP contribution is -2.56. The van der Waals surface area contributed by atoms with Gasteiger partial charge in [0.1, 0.15) is 0 Å². The third-order valence-corrected chi connectivity index (χ3v) is 5.13. The van der Waals surface area contributed by atoms with Crippen molar-refractivity contribution in [1.82, 2.24) is 10.6 Å². The lowest BCUT2D eigenvalue weighted by atomic mass is 9.54. The predicted molar refractivity (Wildman–Crippen MR) is 79.3 cm³/mol. The summed E-state index contributed by atoms with van der Waals surface area (Å²) in [5.41, 5.74) is 0. The molecule has 4 aliphatic rings. The number of hydrogen-bond donors (Lipinski definition) is 2. The minimum Gasteiger partial charge on any atom is -0.352 e. The Morgan fingerprint density at radius 1 is 1.11 bits per heavy atom. The van der Waals surface area contributed by atoms with Gasteiger partial charge < -0.3 is 10.6 Å². The fraction of sp³-hybridized carbons (Fsp3) is 0.800. The number of hydrogen-bond acceptors (Lipinski definition) is 2. The van der Waals surface area contributed by atoms with Crippen LogP contribution in [0.1, 0.15) is 32.1 Å². The second-order valence-corrected chi connectivity index (χ2v) is 6.44. The number of rotatable bonds is 5. The predicted octanol–water partition coefficient (Wildman–Crippen LogP) is 2.12. The van der Waals surface area contributed by atoms with Gasteiger partial charge in [-0.2, -0.15) is 0 Å². The molecule has 0 heterocycles. The molecule has 4 rings (SSSR count). The Labute approximate surface area is 122 Å². The average molecular weight is 285 g/mol. The van der Waals surface area contributed by atoms with Crippen molar-refractivity contribution in [2.75, 3.05) is 13.1 Å². The molecule has 0 aromatic rings. The van der Waals surface area contributed by atoms with E-state index in [0.29, 0.717) is 19.1 Å². The molecular formula is C15H25ClN2O. The van der Waals surface area contributed by atoms with Crippen LogP contribution < -0.4 is 10.6 Å². The number of carbonyl (C=O) groups excluding carboxylic acids is 1. The SMILES string of the molecule is C=CCNCC(=O)NC1C2CC3CC(C2)CC1C3.Cl. The van der Waals surface area contributed by atoms with E-state index in [4.69, 9.17) is 0 Å². The summed E-state index contributed by atoms with van der Waals surface area (Å²) >= 11 is 0. The van der Waals surface area contributed by atoms with Crippen LogP contribution in [0.5, 0.6) is 0 Å². The molecule has 4 bridgehead atoms. The van der Waals surface area contributed by atoms with Crippen molar-refractivity contribution in [2.45, 2.75) is 38.1 Å². The Hall–Kier alpha value is -0.540. The monoisotopic (exact) mass is 284 g/mol. The molecule has 4 heteroatoms. The second-order valence-electron chi connectivity index (χ2n) is 6.44. The van der Waals surface area contributed by atoms with Crippen LogP contribution in [0.15, 0.2) is 12.7 Å². The van der Waals surface area contributed by atoms with Crippen molar-refractivity contribution in [3.8, 4) is 0 Å². The minimum absolute atomic E-state index is 0. The van der Waals surface area contributed by atoms with E-state index < -0.39 is 0 Å². The molecule has 0 aromatic carbocycles. The van der Waals surface area contributed by atoms with Gasteiger partial charge in [0.2, 0.25) is 5.91 Å². The van der Waals surface area contributed by atoms with Crippen LogP contribution in [0.2, 0.25) is 0 Å². The van der Waals surface area contributed by atoms with Crippen molar-refractivity contribution < 1.29 is 4.79 Å². The summed E-state index contributed by atoms with van der Waals surface area (Å²) in [7, 11) is 0. The minimum atomic E-state index is 0. The van der Waals surface area contributed by atoms with Crippen molar-refractivity contribution in [2.24, 2.45) is 23.7 Å². The Morgan fingerprint density at radius 2 is 1.68 bits per heavy atom. The van der Waals surface area contributed by atoms with Crippen LogP contribution in [-0.4, -0.2) is 25.0 Å².